The van der Waals surface area contributed by atoms with Crippen LogP contribution in [0, 0.1) is 17.8 Å². The van der Waals surface area contributed by atoms with Crippen LogP contribution in [0.15, 0.2) is 48.5 Å². The van der Waals surface area contributed by atoms with E-state index in [4.69, 9.17) is 4.74 Å². The molecule has 1 saturated heterocycles. The minimum absolute atomic E-state index is 0.0669. The maximum absolute atomic E-state index is 12.5. The van der Waals surface area contributed by atoms with Crippen LogP contribution < -0.4 is 10.6 Å². The van der Waals surface area contributed by atoms with E-state index in [9.17, 15) is 4.79 Å². The normalized spacial score (nSPS) is 33.6. The Kier molecular flexibility index (Phi) is 4.56. The van der Waals surface area contributed by atoms with Crippen LogP contribution in [0.4, 0.5) is 11.4 Å². The summed E-state index contributed by atoms with van der Waals surface area (Å²) in [5.41, 5.74) is 4.99. The molecule has 30 heavy (non-hydrogen) atoms. The van der Waals surface area contributed by atoms with Crippen molar-refractivity contribution in [2.24, 2.45) is 17.8 Å². The van der Waals surface area contributed by atoms with Gasteiger partial charge < -0.3 is 15.4 Å². The van der Waals surface area contributed by atoms with Crippen LogP contribution in [0.25, 0.3) is 0 Å². The number of carbonyl (C=O) groups is 1. The van der Waals surface area contributed by atoms with Crippen LogP contribution in [0.3, 0.4) is 0 Å². The highest BCUT2D eigenvalue weighted by atomic mass is 16.5. The van der Waals surface area contributed by atoms with Gasteiger partial charge in [0.15, 0.2) is 0 Å². The molecule has 4 aliphatic rings. The minimum atomic E-state index is 0.0669. The molecule has 2 N–H and O–H groups in total. The first-order valence-electron chi connectivity index (χ1n) is 11.6. The van der Waals surface area contributed by atoms with Gasteiger partial charge in [-0.15, -0.1) is 0 Å². The van der Waals surface area contributed by atoms with Crippen LogP contribution in [0.5, 0.6) is 0 Å². The van der Waals surface area contributed by atoms with Gasteiger partial charge >= 0.3 is 0 Å². The Bertz CT molecular complexity index is 937. The first kappa shape index (κ1) is 18.4. The lowest BCUT2D eigenvalue weighted by Crippen LogP contribution is -2.35. The van der Waals surface area contributed by atoms with Crippen molar-refractivity contribution < 1.29 is 9.53 Å². The molecule has 4 nitrogen and oxygen atoms in total. The molecule has 2 aliphatic carbocycles. The fourth-order valence-corrected chi connectivity index (χ4v) is 6.78. The number of fused-ring (bicyclic) bond motifs is 7. The van der Waals surface area contributed by atoms with Gasteiger partial charge in [-0.1, -0.05) is 30.3 Å². The second-order valence-corrected chi connectivity index (χ2v) is 9.66. The Balaban J connectivity index is 1.28. The van der Waals surface area contributed by atoms with Gasteiger partial charge in [0, 0.05) is 18.0 Å². The average molecular weight is 403 g/mol. The monoisotopic (exact) mass is 402 g/mol. The molecule has 2 aromatic carbocycles. The van der Waals surface area contributed by atoms with Crippen LogP contribution in [0.1, 0.15) is 61.6 Å². The Morgan fingerprint density at radius 3 is 2.77 bits per heavy atom. The zero-order chi connectivity index (χ0) is 20.1. The van der Waals surface area contributed by atoms with Crippen molar-refractivity contribution in [3.8, 4) is 0 Å². The van der Waals surface area contributed by atoms with Crippen LogP contribution in [-0.2, 0) is 9.53 Å². The summed E-state index contributed by atoms with van der Waals surface area (Å²) >= 11 is 0. The largest absolute Gasteiger partial charge is 0.378 e. The van der Waals surface area contributed by atoms with Crippen molar-refractivity contribution in [3.63, 3.8) is 0 Å². The second-order valence-electron chi connectivity index (χ2n) is 9.66. The number of benzene rings is 2. The SMILES string of the molecule is O=C(CC1CCCO1)Nc1ccc2c(c1)C1C3CCC(C3)C1C(c1ccccc1)N2. The van der Waals surface area contributed by atoms with E-state index in [-0.39, 0.29) is 12.0 Å². The van der Waals surface area contributed by atoms with Gasteiger partial charge in [-0.05, 0) is 85.1 Å². The molecular weight excluding hydrogens is 372 g/mol. The summed E-state index contributed by atoms with van der Waals surface area (Å²) in [6.07, 6.45) is 6.68. The molecule has 1 amide bonds. The number of amides is 1. The molecule has 0 radical (unpaired) electrons. The molecule has 0 spiro atoms. The Morgan fingerprint density at radius 2 is 1.93 bits per heavy atom. The topological polar surface area (TPSA) is 50.4 Å². The van der Waals surface area contributed by atoms with Crippen molar-refractivity contribution in [1.29, 1.82) is 0 Å². The van der Waals surface area contributed by atoms with E-state index >= 15 is 0 Å². The molecular formula is C26H30N2O2. The summed E-state index contributed by atoms with van der Waals surface area (Å²) in [6.45, 7) is 0.788. The third-order valence-electron chi connectivity index (χ3n) is 7.97. The van der Waals surface area contributed by atoms with Gasteiger partial charge in [-0.3, -0.25) is 4.79 Å². The average Bonchev–Trinajstić information content (AvgIpc) is 3.52. The van der Waals surface area contributed by atoms with Gasteiger partial charge in [0.05, 0.1) is 18.6 Å². The zero-order valence-corrected chi connectivity index (χ0v) is 17.3. The Labute approximate surface area is 178 Å². The van der Waals surface area contributed by atoms with E-state index in [1.54, 1.807) is 0 Å². The quantitative estimate of drug-likeness (QED) is 0.711. The number of carbonyl (C=O) groups excluding carboxylic acids is 1. The molecule has 6 rings (SSSR count). The third kappa shape index (κ3) is 3.13. The standard InChI is InChI=1S/C26H30N2O2/c29-23(15-20-7-4-12-30-20)27-19-10-11-22-21(14-19)24-17-8-9-18(13-17)25(24)26(28-22)16-5-2-1-3-6-16/h1-3,5-6,10-11,14,17-18,20,24-26,28H,4,7-9,12-13,15H2,(H,27,29). The first-order chi connectivity index (χ1) is 14.8. The second kappa shape index (κ2) is 7.42. The van der Waals surface area contributed by atoms with E-state index in [1.807, 2.05) is 0 Å². The molecule has 0 aromatic heterocycles. The first-order valence-corrected chi connectivity index (χ1v) is 11.6. The maximum atomic E-state index is 12.5. The fourth-order valence-electron chi connectivity index (χ4n) is 6.78. The fraction of sp³-hybridized carbons (Fsp3) is 0.500. The summed E-state index contributed by atoms with van der Waals surface area (Å²) in [5.74, 6) is 2.91. The number of nitrogens with one attached hydrogen (secondary N) is 2. The molecule has 2 aliphatic heterocycles. The highest BCUT2D eigenvalue weighted by molar-refractivity contribution is 5.91. The van der Waals surface area contributed by atoms with Gasteiger partial charge in [-0.25, -0.2) is 0 Å². The zero-order valence-electron chi connectivity index (χ0n) is 17.3. The molecule has 4 heteroatoms. The molecule has 2 aromatic rings. The Morgan fingerprint density at radius 1 is 1.07 bits per heavy atom. The molecule has 2 heterocycles. The number of rotatable bonds is 4. The van der Waals surface area contributed by atoms with E-state index in [0.717, 1.165) is 37.0 Å². The molecule has 156 valence electrons. The lowest BCUT2D eigenvalue weighted by atomic mass is 9.68. The van der Waals surface area contributed by atoms with Crippen molar-refractivity contribution in [1.82, 2.24) is 0 Å². The highest BCUT2D eigenvalue weighted by Crippen LogP contribution is 2.63. The molecule has 2 saturated carbocycles. The number of hydrogen-bond donors (Lipinski definition) is 2. The van der Waals surface area contributed by atoms with Crippen LogP contribution in [0.2, 0.25) is 0 Å². The van der Waals surface area contributed by atoms with Crippen LogP contribution >= 0.6 is 0 Å². The predicted octanol–water partition coefficient (Wildman–Crippen LogP) is 5.49. The minimum Gasteiger partial charge on any atom is -0.378 e. The molecule has 3 fully saturated rings. The third-order valence-corrected chi connectivity index (χ3v) is 7.97. The van der Waals surface area contributed by atoms with Crippen molar-refractivity contribution in [3.05, 3.63) is 59.7 Å². The lowest BCUT2D eigenvalue weighted by molar-refractivity contribution is -0.118. The number of hydrogen-bond acceptors (Lipinski definition) is 3. The molecule has 6 atom stereocenters. The highest BCUT2D eigenvalue weighted by Gasteiger charge is 2.53. The Hall–Kier alpha value is -2.33. The van der Waals surface area contributed by atoms with E-state index < -0.39 is 0 Å². The predicted molar refractivity (Wildman–Crippen MR) is 119 cm³/mol. The summed E-state index contributed by atoms with van der Waals surface area (Å²) < 4.78 is 5.63. The lowest BCUT2D eigenvalue weighted by Gasteiger charge is -2.43. The molecule has 2 bridgehead atoms. The van der Waals surface area contributed by atoms with Crippen molar-refractivity contribution in [2.75, 3.05) is 17.2 Å². The van der Waals surface area contributed by atoms with Gasteiger partial charge in [0.2, 0.25) is 5.91 Å². The molecule has 6 unspecified atom stereocenters. The summed E-state index contributed by atoms with van der Waals surface area (Å²) in [6, 6.07) is 17.8. The smallest absolute Gasteiger partial charge is 0.226 e. The van der Waals surface area contributed by atoms with Crippen LogP contribution in [-0.4, -0.2) is 18.6 Å². The number of ether oxygens (including phenoxy) is 1. The summed E-state index contributed by atoms with van der Waals surface area (Å²) in [4.78, 5) is 12.5. The van der Waals surface area contributed by atoms with E-state index in [1.165, 1.54) is 36.1 Å². The summed E-state index contributed by atoms with van der Waals surface area (Å²) in [5, 5.41) is 7.02. The summed E-state index contributed by atoms with van der Waals surface area (Å²) in [7, 11) is 0. The van der Waals surface area contributed by atoms with Crippen molar-refractivity contribution in [2.45, 2.75) is 56.6 Å². The van der Waals surface area contributed by atoms with Gasteiger partial charge in [0.1, 0.15) is 0 Å². The maximum Gasteiger partial charge on any atom is 0.226 e. The van der Waals surface area contributed by atoms with Crippen molar-refractivity contribution >= 4 is 17.3 Å². The van der Waals surface area contributed by atoms with E-state index in [2.05, 4.69) is 59.2 Å². The van der Waals surface area contributed by atoms with Gasteiger partial charge in [-0.2, -0.15) is 0 Å². The van der Waals surface area contributed by atoms with E-state index in [0.29, 0.717) is 24.3 Å². The van der Waals surface area contributed by atoms with Gasteiger partial charge in [0.25, 0.3) is 0 Å². The number of anilines is 2.